The van der Waals surface area contributed by atoms with Crippen LogP contribution in [0.3, 0.4) is 0 Å². The maximum absolute atomic E-state index is 12.6. The molecule has 4 rings (SSSR count). The molecule has 0 fully saturated rings. The van der Waals surface area contributed by atoms with Crippen LogP contribution in [0.15, 0.2) is 48.5 Å². The Kier molecular flexibility index (Phi) is 9.29. The standard InChI is InChI=1S/C26H32N6O2S2/c27-25-29-19-11-5-7-13-21(19)31(25)23(33)15-3-1-9-17-35-36-18-10-2-4-16-24(34)32-22-14-8-6-12-20(22)30-26(32)28/h5-8,11-14H,1-4,9-10,15-18H2,(H2,27,29)(H2,28,30). The van der Waals surface area contributed by atoms with E-state index >= 15 is 0 Å². The predicted molar refractivity (Wildman–Crippen MR) is 151 cm³/mol. The SMILES string of the molecule is Nc1nc2ccccc2n1C(=O)CCCCCSSCCCCCC(=O)n1c(N)nc2ccccc21. The average molecular weight is 525 g/mol. The lowest BCUT2D eigenvalue weighted by atomic mass is 10.2. The first-order valence-electron chi connectivity index (χ1n) is 12.3. The Morgan fingerprint density at radius 1 is 0.639 bits per heavy atom. The van der Waals surface area contributed by atoms with E-state index < -0.39 is 0 Å². The maximum Gasteiger partial charge on any atom is 0.233 e. The van der Waals surface area contributed by atoms with Crippen molar-refractivity contribution in [1.82, 2.24) is 19.1 Å². The Hall–Kier alpha value is -2.98. The van der Waals surface area contributed by atoms with Crippen molar-refractivity contribution < 1.29 is 9.59 Å². The molecule has 0 aliphatic carbocycles. The highest BCUT2D eigenvalue weighted by atomic mass is 33.1. The van der Waals surface area contributed by atoms with Gasteiger partial charge in [0, 0.05) is 24.3 Å². The van der Waals surface area contributed by atoms with Gasteiger partial charge >= 0.3 is 0 Å². The summed E-state index contributed by atoms with van der Waals surface area (Å²) in [6.45, 7) is 0. The molecule has 0 radical (unpaired) electrons. The van der Waals surface area contributed by atoms with Crippen LogP contribution in [-0.2, 0) is 0 Å². The molecule has 4 aromatic rings. The molecule has 0 unspecified atom stereocenters. The normalized spacial score (nSPS) is 11.4. The zero-order valence-electron chi connectivity index (χ0n) is 20.3. The smallest absolute Gasteiger partial charge is 0.233 e. The Morgan fingerprint density at radius 2 is 1.06 bits per heavy atom. The number of nitrogens with two attached hydrogens (primary N) is 2. The number of para-hydroxylation sites is 4. The maximum atomic E-state index is 12.6. The van der Waals surface area contributed by atoms with Crippen LogP contribution in [0.4, 0.5) is 11.9 Å². The third-order valence-corrected chi connectivity index (χ3v) is 8.57. The molecule has 10 heteroatoms. The minimum absolute atomic E-state index is 0.00520. The number of aromatic nitrogens is 4. The Bertz CT molecular complexity index is 1230. The molecule has 2 heterocycles. The van der Waals surface area contributed by atoms with E-state index in [0.29, 0.717) is 12.8 Å². The van der Waals surface area contributed by atoms with E-state index in [4.69, 9.17) is 11.5 Å². The summed E-state index contributed by atoms with van der Waals surface area (Å²) in [4.78, 5) is 33.7. The van der Waals surface area contributed by atoms with Gasteiger partial charge in [0.25, 0.3) is 0 Å². The number of carbonyl (C=O) groups is 2. The van der Waals surface area contributed by atoms with Gasteiger partial charge in [0.05, 0.1) is 22.1 Å². The van der Waals surface area contributed by atoms with Crippen molar-refractivity contribution in [3.8, 4) is 0 Å². The molecule has 0 atom stereocenters. The number of hydrogen-bond acceptors (Lipinski definition) is 8. The van der Waals surface area contributed by atoms with Gasteiger partial charge < -0.3 is 11.5 Å². The van der Waals surface area contributed by atoms with Gasteiger partial charge in [-0.05, 0) is 49.9 Å². The lowest BCUT2D eigenvalue weighted by molar-refractivity contribution is 0.0898. The van der Waals surface area contributed by atoms with Crippen molar-refractivity contribution >= 4 is 67.4 Å². The van der Waals surface area contributed by atoms with Crippen LogP contribution in [0.5, 0.6) is 0 Å². The first-order chi connectivity index (χ1) is 17.6. The first-order valence-corrected chi connectivity index (χ1v) is 14.8. The van der Waals surface area contributed by atoms with E-state index in [1.807, 2.05) is 70.1 Å². The number of nitrogen functional groups attached to an aromatic ring is 2. The lowest BCUT2D eigenvalue weighted by Gasteiger charge is -2.06. The summed E-state index contributed by atoms with van der Waals surface area (Å²) >= 11 is 0. The first kappa shape index (κ1) is 26.1. The van der Waals surface area contributed by atoms with Gasteiger partial charge in [0.15, 0.2) is 0 Å². The van der Waals surface area contributed by atoms with Gasteiger partial charge in [-0.25, -0.2) is 19.1 Å². The zero-order chi connectivity index (χ0) is 25.3. The molecule has 0 bridgehead atoms. The van der Waals surface area contributed by atoms with Crippen molar-refractivity contribution in [3.63, 3.8) is 0 Å². The van der Waals surface area contributed by atoms with Crippen LogP contribution in [-0.4, -0.2) is 42.4 Å². The minimum Gasteiger partial charge on any atom is -0.369 e. The molecule has 190 valence electrons. The molecule has 8 nitrogen and oxygen atoms in total. The average Bonchev–Trinajstić information content (AvgIpc) is 3.39. The zero-order valence-corrected chi connectivity index (χ0v) is 21.9. The summed E-state index contributed by atoms with van der Waals surface area (Å²) in [6, 6.07) is 15.0. The summed E-state index contributed by atoms with van der Waals surface area (Å²) in [5.74, 6) is 2.67. The van der Waals surface area contributed by atoms with Crippen molar-refractivity contribution in [2.24, 2.45) is 0 Å². The topological polar surface area (TPSA) is 122 Å². The van der Waals surface area contributed by atoms with E-state index in [9.17, 15) is 9.59 Å². The molecule has 4 N–H and O–H groups in total. The number of anilines is 2. The highest BCUT2D eigenvalue weighted by molar-refractivity contribution is 8.76. The number of nitrogens with zero attached hydrogens (tertiary/aromatic N) is 4. The number of fused-ring (bicyclic) bond motifs is 2. The summed E-state index contributed by atoms with van der Waals surface area (Å²) in [5.41, 5.74) is 14.9. The van der Waals surface area contributed by atoms with Crippen LogP contribution in [0.1, 0.15) is 61.0 Å². The summed E-state index contributed by atoms with van der Waals surface area (Å²) in [6.07, 6.45) is 6.84. The molecular formula is C26H32N6O2S2. The van der Waals surface area contributed by atoms with Crippen LogP contribution < -0.4 is 11.5 Å². The van der Waals surface area contributed by atoms with Gasteiger partial charge in [-0.3, -0.25) is 9.59 Å². The second-order valence-corrected chi connectivity index (χ2v) is 11.3. The lowest BCUT2D eigenvalue weighted by Crippen LogP contribution is -2.13. The number of rotatable bonds is 13. The fourth-order valence-electron chi connectivity index (χ4n) is 4.18. The van der Waals surface area contributed by atoms with Crippen molar-refractivity contribution in [2.75, 3.05) is 23.0 Å². The van der Waals surface area contributed by atoms with Crippen molar-refractivity contribution in [1.29, 1.82) is 0 Å². The third-order valence-electron chi connectivity index (χ3n) is 5.99. The van der Waals surface area contributed by atoms with E-state index in [0.717, 1.165) is 72.1 Å². The monoisotopic (exact) mass is 524 g/mol. The van der Waals surface area contributed by atoms with Gasteiger partial charge in [-0.2, -0.15) is 0 Å². The van der Waals surface area contributed by atoms with E-state index in [-0.39, 0.29) is 23.7 Å². The molecular weight excluding hydrogens is 492 g/mol. The summed E-state index contributed by atoms with van der Waals surface area (Å²) in [5, 5.41) is 0. The van der Waals surface area contributed by atoms with E-state index in [2.05, 4.69) is 9.97 Å². The molecule has 2 aromatic carbocycles. The minimum atomic E-state index is 0.00520. The molecule has 0 saturated heterocycles. The van der Waals surface area contributed by atoms with Gasteiger partial charge in [0.1, 0.15) is 0 Å². The van der Waals surface area contributed by atoms with Crippen LogP contribution in [0, 0.1) is 0 Å². The van der Waals surface area contributed by atoms with E-state index in [1.165, 1.54) is 9.13 Å². The Morgan fingerprint density at radius 3 is 1.50 bits per heavy atom. The van der Waals surface area contributed by atoms with Gasteiger partial charge in [0.2, 0.25) is 23.7 Å². The predicted octanol–water partition coefficient (Wildman–Crippen LogP) is 6.03. The van der Waals surface area contributed by atoms with Gasteiger partial charge in [-0.1, -0.05) is 58.7 Å². The molecule has 0 amide bonds. The summed E-state index contributed by atoms with van der Waals surface area (Å²) in [7, 11) is 3.76. The quantitative estimate of drug-likeness (QED) is 0.160. The second-order valence-electron chi connectivity index (χ2n) is 8.64. The number of unbranched alkanes of at least 4 members (excludes halogenated alkanes) is 4. The molecule has 36 heavy (non-hydrogen) atoms. The molecule has 0 saturated carbocycles. The van der Waals surface area contributed by atoms with Crippen LogP contribution >= 0.6 is 21.6 Å². The fraction of sp³-hybridized carbons (Fsp3) is 0.385. The Balaban J connectivity index is 1.02. The molecule has 2 aromatic heterocycles. The van der Waals surface area contributed by atoms with Crippen molar-refractivity contribution in [3.05, 3.63) is 48.5 Å². The number of hydrogen-bond donors (Lipinski definition) is 2. The highest BCUT2D eigenvalue weighted by Crippen LogP contribution is 2.25. The van der Waals surface area contributed by atoms with E-state index in [1.54, 1.807) is 0 Å². The highest BCUT2D eigenvalue weighted by Gasteiger charge is 2.15. The van der Waals surface area contributed by atoms with Crippen LogP contribution in [0.25, 0.3) is 22.1 Å². The number of carbonyl (C=O) groups excluding carboxylic acids is 2. The van der Waals surface area contributed by atoms with Crippen LogP contribution in [0.2, 0.25) is 0 Å². The second kappa shape index (κ2) is 12.8. The number of imidazole rings is 2. The largest absolute Gasteiger partial charge is 0.369 e. The molecule has 0 aliphatic heterocycles. The number of benzene rings is 2. The van der Waals surface area contributed by atoms with Gasteiger partial charge in [-0.15, -0.1) is 0 Å². The Labute approximate surface area is 218 Å². The van der Waals surface area contributed by atoms with Crippen molar-refractivity contribution in [2.45, 2.75) is 51.4 Å². The fourth-order valence-corrected chi connectivity index (χ4v) is 6.48. The summed E-state index contributed by atoms with van der Waals surface area (Å²) < 4.78 is 3.06. The third kappa shape index (κ3) is 6.41. The molecule has 0 aliphatic rings. The molecule has 0 spiro atoms.